The van der Waals surface area contributed by atoms with Crippen LogP contribution in [0.2, 0.25) is 0 Å². The second-order valence-electron chi connectivity index (χ2n) is 9.71. The first-order valence-electron chi connectivity index (χ1n) is 11.3. The molecule has 2 bridgehead atoms. The second-order valence-corrected chi connectivity index (χ2v) is 9.71. The lowest BCUT2D eigenvalue weighted by atomic mass is 9.81. The number of benzene rings is 1. The fraction of sp³-hybridized carbons (Fsp3) is 0.708. The Labute approximate surface area is 170 Å². The van der Waals surface area contributed by atoms with Crippen LogP contribution in [0.3, 0.4) is 0 Å². The lowest BCUT2D eigenvalue weighted by molar-refractivity contribution is -0.964. The minimum absolute atomic E-state index is 0.0405. The summed E-state index contributed by atoms with van der Waals surface area (Å²) in [6.45, 7) is 12.2. The molecule has 4 fully saturated rings. The van der Waals surface area contributed by atoms with E-state index in [9.17, 15) is 4.79 Å². The van der Waals surface area contributed by atoms with E-state index in [2.05, 4.69) is 37.8 Å². The minimum Gasteiger partial charge on any atom is -0.454 e. The molecule has 0 saturated carbocycles. The van der Waals surface area contributed by atoms with Gasteiger partial charge in [0, 0.05) is 18.8 Å². The zero-order valence-corrected chi connectivity index (χ0v) is 17.9. The average molecular weight is 386 g/mol. The SMILES string of the molecule is CC(C)[N+]12CCC(CC1)[C@@H](OC(=O)[C@@](C)(c1ccccc1)N1CCCCC1)C2. The molecule has 1 aromatic rings. The van der Waals surface area contributed by atoms with Gasteiger partial charge in [-0.1, -0.05) is 36.8 Å². The first-order valence-corrected chi connectivity index (χ1v) is 11.3. The minimum atomic E-state index is -0.684. The van der Waals surface area contributed by atoms with Crippen molar-refractivity contribution in [2.75, 3.05) is 32.7 Å². The first-order chi connectivity index (χ1) is 13.5. The smallest absolute Gasteiger partial charge is 0.331 e. The van der Waals surface area contributed by atoms with E-state index in [-0.39, 0.29) is 12.1 Å². The quantitative estimate of drug-likeness (QED) is 0.568. The molecule has 4 saturated heterocycles. The van der Waals surface area contributed by atoms with Crippen molar-refractivity contribution in [3.05, 3.63) is 35.9 Å². The van der Waals surface area contributed by atoms with Crippen LogP contribution in [0.4, 0.5) is 0 Å². The third kappa shape index (κ3) is 3.39. The topological polar surface area (TPSA) is 29.5 Å². The maximum Gasteiger partial charge on any atom is 0.331 e. The number of nitrogens with zero attached hydrogens (tertiary/aromatic N) is 2. The van der Waals surface area contributed by atoms with Crippen LogP contribution in [-0.2, 0) is 15.1 Å². The Bertz CT molecular complexity index is 675. The molecule has 4 heterocycles. The summed E-state index contributed by atoms with van der Waals surface area (Å²) in [6.07, 6.45) is 6.05. The van der Waals surface area contributed by atoms with E-state index in [1.807, 2.05) is 18.2 Å². The molecule has 154 valence electrons. The molecular weight excluding hydrogens is 348 g/mol. The first kappa shape index (κ1) is 19.9. The van der Waals surface area contributed by atoms with Gasteiger partial charge < -0.3 is 9.22 Å². The highest BCUT2D eigenvalue weighted by Gasteiger charge is 2.51. The Morgan fingerprint density at radius 1 is 1.11 bits per heavy atom. The van der Waals surface area contributed by atoms with E-state index in [1.165, 1.54) is 32.4 Å². The van der Waals surface area contributed by atoms with E-state index in [4.69, 9.17) is 4.74 Å². The highest BCUT2D eigenvalue weighted by Crippen LogP contribution is 2.39. The standard InChI is InChI=1S/C24H37N2O2/c1-19(2)26-16-12-20(13-17-26)22(18-26)28-23(27)24(3,21-10-6-4-7-11-21)25-14-8-5-9-15-25/h4,6-7,10-11,19-20,22H,5,8-9,12-18H2,1-3H3/q+1/t20?,22-,24+,26?/m0/s1. The van der Waals surface area contributed by atoms with Crippen molar-refractivity contribution >= 4 is 5.97 Å². The van der Waals surface area contributed by atoms with Crippen LogP contribution in [0.15, 0.2) is 30.3 Å². The third-order valence-corrected chi connectivity index (χ3v) is 8.04. The Morgan fingerprint density at radius 2 is 1.75 bits per heavy atom. The van der Waals surface area contributed by atoms with Gasteiger partial charge in [-0.3, -0.25) is 4.90 Å². The monoisotopic (exact) mass is 385 g/mol. The lowest BCUT2D eigenvalue weighted by Gasteiger charge is -2.54. The molecule has 0 aromatic heterocycles. The van der Waals surface area contributed by atoms with Gasteiger partial charge in [-0.25, -0.2) is 4.79 Å². The van der Waals surface area contributed by atoms with Crippen LogP contribution in [0.25, 0.3) is 0 Å². The van der Waals surface area contributed by atoms with Gasteiger partial charge in [0.25, 0.3) is 0 Å². The summed E-state index contributed by atoms with van der Waals surface area (Å²) in [5, 5.41) is 0. The van der Waals surface area contributed by atoms with Crippen LogP contribution in [0.5, 0.6) is 0 Å². The number of carbonyl (C=O) groups excluding carboxylic acids is 1. The van der Waals surface area contributed by atoms with Crippen LogP contribution < -0.4 is 0 Å². The molecule has 28 heavy (non-hydrogen) atoms. The van der Waals surface area contributed by atoms with E-state index >= 15 is 0 Å². The summed E-state index contributed by atoms with van der Waals surface area (Å²) >= 11 is 0. The van der Waals surface area contributed by atoms with Crippen molar-refractivity contribution in [2.24, 2.45) is 5.92 Å². The van der Waals surface area contributed by atoms with Crippen LogP contribution in [-0.4, -0.2) is 60.2 Å². The number of rotatable bonds is 5. The van der Waals surface area contributed by atoms with Gasteiger partial charge in [0.1, 0.15) is 12.1 Å². The van der Waals surface area contributed by atoms with Crippen LogP contribution in [0.1, 0.15) is 58.4 Å². The molecule has 4 heteroatoms. The van der Waals surface area contributed by atoms with Gasteiger partial charge in [0.2, 0.25) is 0 Å². The number of carbonyl (C=O) groups is 1. The number of quaternary nitrogens is 1. The zero-order chi connectivity index (χ0) is 19.8. The maximum absolute atomic E-state index is 13.7. The fourth-order valence-electron chi connectivity index (χ4n) is 5.81. The Morgan fingerprint density at radius 3 is 2.36 bits per heavy atom. The number of hydrogen-bond donors (Lipinski definition) is 0. The van der Waals surface area contributed by atoms with Crippen molar-refractivity contribution in [1.82, 2.24) is 4.90 Å². The summed E-state index contributed by atoms with van der Waals surface area (Å²) in [6, 6.07) is 10.9. The van der Waals surface area contributed by atoms with Gasteiger partial charge >= 0.3 is 5.97 Å². The molecule has 0 amide bonds. The molecule has 0 N–H and O–H groups in total. The highest BCUT2D eigenvalue weighted by atomic mass is 16.5. The Balaban J connectivity index is 1.58. The highest BCUT2D eigenvalue weighted by molar-refractivity contribution is 5.82. The van der Waals surface area contributed by atoms with Crippen molar-refractivity contribution in [3.63, 3.8) is 0 Å². The number of ether oxygens (including phenoxy) is 1. The summed E-state index contributed by atoms with van der Waals surface area (Å²) in [4.78, 5) is 16.1. The van der Waals surface area contributed by atoms with E-state index in [0.717, 1.165) is 42.5 Å². The third-order valence-electron chi connectivity index (χ3n) is 8.04. The molecule has 2 atom stereocenters. The Hall–Kier alpha value is -1.39. The predicted octanol–water partition coefficient (Wildman–Crippen LogP) is 3.95. The molecule has 5 rings (SSSR count). The summed E-state index contributed by atoms with van der Waals surface area (Å²) in [5.74, 6) is 0.505. The molecule has 4 aliphatic heterocycles. The summed E-state index contributed by atoms with van der Waals surface area (Å²) in [7, 11) is 0. The number of esters is 1. The van der Waals surface area contributed by atoms with Gasteiger partial charge in [-0.15, -0.1) is 0 Å². The number of likely N-dealkylation sites (tertiary alicyclic amines) is 1. The van der Waals surface area contributed by atoms with Crippen molar-refractivity contribution in [2.45, 2.75) is 70.6 Å². The Kier molecular flexibility index (Phi) is 5.54. The van der Waals surface area contributed by atoms with Crippen LogP contribution >= 0.6 is 0 Å². The molecule has 1 aromatic carbocycles. The van der Waals surface area contributed by atoms with Gasteiger partial charge in [0.15, 0.2) is 6.10 Å². The molecule has 0 aliphatic carbocycles. The number of fused-ring (bicyclic) bond motifs is 3. The van der Waals surface area contributed by atoms with E-state index in [0.29, 0.717) is 12.0 Å². The molecule has 0 spiro atoms. The average Bonchev–Trinajstić information content (AvgIpc) is 2.75. The zero-order valence-electron chi connectivity index (χ0n) is 17.9. The normalized spacial score (nSPS) is 32.9. The largest absolute Gasteiger partial charge is 0.454 e. The second kappa shape index (κ2) is 7.79. The van der Waals surface area contributed by atoms with Gasteiger partial charge in [-0.2, -0.15) is 0 Å². The lowest BCUT2D eigenvalue weighted by Crippen LogP contribution is -2.67. The van der Waals surface area contributed by atoms with Crippen LogP contribution in [0, 0.1) is 5.92 Å². The molecule has 0 unspecified atom stereocenters. The van der Waals surface area contributed by atoms with E-state index in [1.54, 1.807) is 0 Å². The van der Waals surface area contributed by atoms with E-state index < -0.39 is 5.54 Å². The molecular formula is C24H37N2O2+. The number of hydrogen-bond acceptors (Lipinski definition) is 3. The maximum atomic E-state index is 13.7. The van der Waals surface area contributed by atoms with Gasteiger partial charge in [-0.05, 0) is 52.3 Å². The molecule has 4 nitrogen and oxygen atoms in total. The van der Waals surface area contributed by atoms with Crippen molar-refractivity contribution in [1.29, 1.82) is 0 Å². The fourth-order valence-corrected chi connectivity index (χ4v) is 5.81. The summed E-state index contributed by atoms with van der Waals surface area (Å²) in [5.41, 5.74) is 0.382. The summed E-state index contributed by atoms with van der Waals surface area (Å²) < 4.78 is 7.50. The molecule has 0 radical (unpaired) electrons. The predicted molar refractivity (Wildman–Crippen MR) is 112 cm³/mol. The van der Waals surface area contributed by atoms with Gasteiger partial charge in [0.05, 0.1) is 19.1 Å². The van der Waals surface area contributed by atoms with Crippen molar-refractivity contribution < 1.29 is 14.0 Å². The van der Waals surface area contributed by atoms with Crippen molar-refractivity contribution in [3.8, 4) is 0 Å². The molecule has 4 aliphatic rings. The number of piperidine rings is 4.